The highest BCUT2D eigenvalue weighted by atomic mass is 16.1. The van der Waals surface area contributed by atoms with Crippen molar-refractivity contribution in [2.75, 3.05) is 6.54 Å². The predicted molar refractivity (Wildman–Crippen MR) is 80.8 cm³/mol. The Morgan fingerprint density at radius 3 is 2.90 bits per heavy atom. The summed E-state index contributed by atoms with van der Waals surface area (Å²) in [5, 5.41) is 3.59. The van der Waals surface area contributed by atoms with E-state index in [-0.39, 0.29) is 5.56 Å². The Morgan fingerprint density at radius 2 is 2.00 bits per heavy atom. The van der Waals surface area contributed by atoms with E-state index in [1.807, 2.05) is 12.3 Å². The average molecular weight is 268 g/mol. The molecule has 1 aromatic carbocycles. The molecular weight excluding hydrogens is 248 g/mol. The molecule has 0 radical (unpaired) electrons. The van der Waals surface area contributed by atoms with Crippen LogP contribution in [0.5, 0.6) is 0 Å². The summed E-state index contributed by atoms with van der Waals surface area (Å²) < 4.78 is 1.75. The number of rotatable bonds is 4. The molecule has 2 aromatic rings. The van der Waals surface area contributed by atoms with Crippen molar-refractivity contribution in [3.05, 3.63) is 70.1 Å². The summed E-state index contributed by atoms with van der Waals surface area (Å²) in [6.45, 7) is 1.54. The van der Waals surface area contributed by atoms with Crippen LogP contribution in [0, 0.1) is 0 Å². The standard InChI is InChI=1S/C17H20N2O/c20-17-10-3-4-12-19(17)13-11-18-16-9-5-7-14-6-1-2-8-15(14)16/h1-4,6,8,10,12,16,18H,5,7,9,11,13H2. The van der Waals surface area contributed by atoms with E-state index in [1.165, 1.54) is 30.4 Å². The maximum Gasteiger partial charge on any atom is 0.250 e. The molecular formula is C17H20N2O. The van der Waals surface area contributed by atoms with Crippen LogP contribution < -0.4 is 10.9 Å². The smallest absolute Gasteiger partial charge is 0.250 e. The van der Waals surface area contributed by atoms with Crippen molar-refractivity contribution < 1.29 is 0 Å². The molecule has 20 heavy (non-hydrogen) atoms. The maximum absolute atomic E-state index is 11.6. The number of pyridine rings is 1. The van der Waals surface area contributed by atoms with Gasteiger partial charge in [0.2, 0.25) is 0 Å². The summed E-state index contributed by atoms with van der Waals surface area (Å²) >= 11 is 0. The normalized spacial score (nSPS) is 17.7. The van der Waals surface area contributed by atoms with Gasteiger partial charge in [0, 0.05) is 31.4 Å². The summed E-state index contributed by atoms with van der Waals surface area (Å²) in [4.78, 5) is 11.6. The number of hydrogen-bond acceptors (Lipinski definition) is 2. The molecule has 0 saturated carbocycles. The van der Waals surface area contributed by atoms with E-state index in [4.69, 9.17) is 0 Å². The minimum absolute atomic E-state index is 0.0679. The first kappa shape index (κ1) is 13.1. The molecule has 3 heteroatoms. The van der Waals surface area contributed by atoms with Crippen molar-refractivity contribution in [3.8, 4) is 0 Å². The third kappa shape index (κ3) is 2.83. The molecule has 0 spiro atoms. The number of aryl methyl sites for hydroxylation is 1. The lowest BCUT2D eigenvalue weighted by molar-refractivity contribution is 0.443. The van der Waals surface area contributed by atoms with E-state index in [2.05, 4.69) is 29.6 Å². The Morgan fingerprint density at radius 1 is 1.15 bits per heavy atom. The van der Waals surface area contributed by atoms with Crippen molar-refractivity contribution in [1.82, 2.24) is 9.88 Å². The van der Waals surface area contributed by atoms with Crippen molar-refractivity contribution in [2.45, 2.75) is 31.8 Å². The van der Waals surface area contributed by atoms with Crippen molar-refractivity contribution in [1.29, 1.82) is 0 Å². The molecule has 0 fully saturated rings. The Kier molecular flexibility index (Phi) is 3.97. The minimum Gasteiger partial charge on any atom is -0.314 e. The van der Waals surface area contributed by atoms with Gasteiger partial charge in [-0.2, -0.15) is 0 Å². The van der Waals surface area contributed by atoms with Gasteiger partial charge in [-0.25, -0.2) is 0 Å². The van der Waals surface area contributed by atoms with Crippen LogP contribution in [0.3, 0.4) is 0 Å². The molecule has 3 nitrogen and oxygen atoms in total. The highest BCUT2D eigenvalue weighted by Gasteiger charge is 2.18. The van der Waals surface area contributed by atoms with Crippen LogP contribution in [-0.2, 0) is 13.0 Å². The lowest BCUT2D eigenvalue weighted by Gasteiger charge is -2.26. The molecule has 1 N–H and O–H groups in total. The quantitative estimate of drug-likeness (QED) is 0.924. The Bertz CT molecular complexity index is 633. The summed E-state index contributed by atoms with van der Waals surface area (Å²) in [5.41, 5.74) is 2.96. The molecule has 1 atom stereocenters. The Hall–Kier alpha value is -1.87. The van der Waals surface area contributed by atoms with Crippen LogP contribution in [0.25, 0.3) is 0 Å². The Labute approximate surface area is 119 Å². The van der Waals surface area contributed by atoms with Crippen LogP contribution in [0.15, 0.2) is 53.5 Å². The van der Waals surface area contributed by atoms with Crippen LogP contribution in [0.2, 0.25) is 0 Å². The fraction of sp³-hybridized carbons (Fsp3) is 0.353. The zero-order valence-corrected chi connectivity index (χ0v) is 11.6. The highest BCUT2D eigenvalue weighted by molar-refractivity contribution is 5.32. The Balaban J connectivity index is 1.63. The van der Waals surface area contributed by atoms with Gasteiger partial charge >= 0.3 is 0 Å². The molecule has 0 saturated heterocycles. The summed E-state index contributed by atoms with van der Waals surface area (Å²) in [7, 11) is 0. The first-order valence-electron chi connectivity index (χ1n) is 7.31. The highest BCUT2D eigenvalue weighted by Crippen LogP contribution is 2.29. The summed E-state index contributed by atoms with van der Waals surface area (Å²) in [6.07, 6.45) is 5.45. The third-order valence-corrected chi connectivity index (χ3v) is 4.01. The number of nitrogens with zero attached hydrogens (tertiary/aromatic N) is 1. The first-order chi connectivity index (χ1) is 9.84. The number of fused-ring (bicyclic) bond motifs is 1. The minimum atomic E-state index is 0.0679. The predicted octanol–water partition coefficient (Wildman–Crippen LogP) is 2.52. The molecule has 1 aliphatic carbocycles. The van der Waals surface area contributed by atoms with Crippen LogP contribution in [-0.4, -0.2) is 11.1 Å². The van der Waals surface area contributed by atoms with Crippen molar-refractivity contribution >= 4 is 0 Å². The zero-order valence-electron chi connectivity index (χ0n) is 11.6. The summed E-state index contributed by atoms with van der Waals surface area (Å²) in [5.74, 6) is 0. The molecule has 1 heterocycles. The van der Waals surface area contributed by atoms with E-state index >= 15 is 0 Å². The van der Waals surface area contributed by atoms with Crippen LogP contribution >= 0.6 is 0 Å². The average Bonchev–Trinajstić information content (AvgIpc) is 2.49. The fourth-order valence-electron chi connectivity index (χ4n) is 2.97. The molecule has 1 unspecified atom stereocenters. The van der Waals surface area contributed by atoms with E-state index in [9.17, 15) is 4.79 Å². The molecule has 1 aromatic heterocycles. The van der Waals surface area contributed by atoms with Gasteiger partial charge < -0.3 is 9.88 Å². The van der Waals surface area contributed by atoms with Gasteiger partial charge in [-0.1, -0.05) is 30.3 Å². The fourth-order valence-corrected chi connectivity index (χ4v) is 2.97. The van der Waals surface area contributed by atoms with Crippen LogP contribution in [0.4, 0.5) is 0 Å². The lowest BCUT2D eigenvalue weighted by atomic mass is 9.88. The van der Waals surface area contributed by atoms with Crippen LogP contribution in [0.1, 0.15) is 30.0 Å². The lowest BCUT2D eigenvalue weighted by Crippen LogP contribution is -2.30. The monoisotopic (exact) mass is 268 g/mol. The van der Waals surface area contributed by atoms with Gasteiger partial charge in [-0.05, 0) is 36.5 Å². The second kappa shape index (κ2) is 6.06. The van der Waals surface area contributed by atoms with Gasteiger partial charge in [-0.3, -0.25) is 4.79 Å². The molecule has 3 rings (SSSR count). The van der Waals surface area contributed by atoms with Crippen molar-refractivity contribution in [2.24, 2.45) is 0 Å². The number of hydrogen-bond donors (Lipinski definition) is 1. The van der Waals surface area contributed by atoms with E-state index in [0.717, 1.165) is 13.1 Å². The molecule has 0 aliphatic heterocycles. The zero-order chi connectivity index (χ0) is 13.8. The van der Waals surface area contributed by atoms with Gasteiger partial charge in [-0.15, -0.1) is 0 Å². The van der Waals surface area contributed by atoms with E-state index in [1.54, 1.807) is 16.7 Å². The SMILES string of the molecule is O=c1ccccn1CCNC1CCCc2ccccc21. The van der Waals surface area contributed by atoms with Gasteiger partial charge in [0.05, 0.1) is 0 Å². The molecule has 0 bridgehead atoms. The molecule has 0 amide bonds. The largest absolute Gasteiger partial charge is 0.314 e. The number of nitrogens with one attached hydrogen (secondary N) is 1. The van der Waals surface area contributed by atoms with Gasteiger partial charge in [0.15, 0.2) is 0 Å². The van der Waals surface area contributed by atoms with E-state index in [0.29, 0.717) is 6.04 Å². The van der Waals surface area contributed by atoms with E-state index < -0.39 is 0 Å². The molecule has 1 aliphatic rings. The van der Waals surface area contributed by atoms with Crippen molar-refractivity contribution in [3.63, 3.8) is 0 Å². The topological polar surface area (TPSA) is 34.0 Å². The third-order valence-electron chi connectivity index (χ3n) is 4.01. The number of benzene rings is 1. The first-order valence-corrected chi connectivity index (χ1v) is 7.31. The summed E-state index contributed by atoms with van der Waals surface area (Å²) in [6, 6.07) is 14.4. The molecule has 104 valence electrons. The second-order valence-corrected chi connectivity index (χ2v) is 5.33. The maximum atomic E-state index is 11.6. The second-order valence-electron chi connectivity index (χ2n) is 5.33. The number of aromatic nitrogens is 1. The van der Waals surface area contributed by atoms with Gasteiger partial charge in [0.1, 0.15) is 0 Å². The van der Waals surface area contributed by atoms with Gasteiger partial charge in [0.25, 0.3) is 5.56 Å².